The van der Waals surface area contributed by atoms with Gasteiger partial charge in [0.25, 0.3) is 0 Å². The molecule has 1 atom stereocenters. The van der Waals surface area contributed by atoms with Crippen LogP contribution in [0.5, 0.6) is 0 Å². The van der Waals surface area contributed by atoms with Gasteiger partial charge in [0, 0.05) is 12.1 Å². The number of carbonyl (C=O) groups is 2. The molecule has 1 aliphatic rings. The van der Waals surface area contributed by atoms with E-state index in [1.54, 1.807) is 0 Å². The molecule has 0 spiro atoms. The first-order valence-corrected chi connectivity index (χ1v) is 7.70. The summed E-state index contributed by atoms with van der Waals surface area (Å²) in [6.07, 6.45) is 0.980. The van der Waals surface area contributed by atoms with Crippen molar-refractivity contribution in [2.45, 2.75) is 31.9 Å². The van der Waals surface area contributed by atoms with E-state index in [4.69, 9.17) is 12.2 Å². The second kappa shape index (κ2) is 6.37. The van der Waals surface area contributed by atoms with Crippen LogP contribution in [0.4, 0.5) is 5.69 Å². The van der Waals surface area contributed by atoms with Gasteiger partial charge in [0.05, 0.1) is 5.25 Å². The number of benzene rings is 1. The zero-order valence-corrected chi connectivity index (χ0v) is 13.0. The number of aryl methyl sites for hydroxylation is 2. The smallest absolute Gasteiger partial charge is 0.239 e. The fraction of sp³-hybridized carbons (Fsp3) is 0.357. The predicted octanol–water partition coefficient (Wildman–Crippen LogP) is 2.40. The van der Waals surface area contributed by atoms with Crippen LogP contribution in [0.2, 0.25) is 0 Å². The van der Waals surface area contributed by atoms with Gasteiger partial charge in [0.15, 0.2) is 0 Å². The molecule has 1 fully saturated rings. The molecule has 2 amide bonds. The number of rotatable bonds is 4. The van der Waals surface area contributed by atoms with Crippen molar-refractivity contribution in [3.63, 3.8) is 0 Å². The number of hydrogen-bond donors (Lipinski definition) is 2. The molecule has 2 N–H and O–H groups in total. The molecule has 1 aromatic rings. The van der Waals surface area contributed by atoms with Crippen LogP contribution in [0.15, 0.2) is 18.2 Å². The normalized spacial score (nSPS) is 18.0. The van der Waals surface area contributed by atoms with E-state index in [2.05, 4.69) is 10.6 Å². The zero-order valence-electron chi connectivity index (χ0n) is 11.4. The van der Waals surface area contributed by atoms with Crippen LogP contribution in [0.25, 0.3) is 0 Å². The first-order valence-electron chi connectivity index (χ1n) is 6.41. The van der Waals surface area contributed by atoms with Crippen molar-refractivity contribution in [3.05, 3.63) is 29.3 Å². The number of thioether (sulfide) groups is 1. The molecule has 0 aromatic heterocycles. The molecule has 6 heteroatoms. The van der Waals surface area contributed by atoms with Crippen molar-refractivity contribution in [1.82, 2.24) is 5.32 Å². The topological polar surface area (TPSA) is 58.2 Å². The van der Waals surface area contributed by atoms with Crippen molar-refractivity contribution in [2.75, 3.05) is 5.32 Å². The van der Waals surface area contributed by atoms with E-state index < -0.39 is 5.25 Å². The highest BCUT2D eigenvalue weighted by atomic mass is 32.2. The summed E-state index contributed by atoms with van der Waals surface area (Å²) >= 11 is 6.15. The van der Waals surface area contributed by atoms with Crippen LogP contribution in [-0.2, 0) is 16.0 Å². The minimum Gasteiger partial charge on any atom is -0.326 e. The quantitative estimate of drug-likeness (QED) is 0.839. The highest BCUT2D eigenvalue weighted by Gasteiger charge is 2.31. The molecule has 0 unspecified atom stereocenters. The molecule has 1 saturated heterocycles. The van der Waals surface area contributed by atoms with Gasteiger partial charge in [-0.15, -0.1) is 0 Å². The van der Waals surface area contributed by atoms with Crippen molar-refractivity contribution in [1.29, 1.82) is 0 Å². The van der Waals surface area contributed by atoms with E-state index >= 15 is 0 Å². The summed E-state index contributed by atoms with van der Waals surface area (Å²) in [7, 11) is 0. The van der Waals surface area contributed by atoms with Crippen LogP contribution < -0.4 is 10.6 Å². The second-order valence-electron chi connectivity index (χ2n) is 4.60. The van der Waals surface area contributed by atoms with E-state index in [0.29, 0.717) is 4.32 Å². The third-order valence-electron chi connectivity index (χ3n) is 3.14. The average Bonchev–Trinajstić information content (AvgIpc) is 2.70. The molecule has 2 rings (SSSR count). The Balaban J connectivity index is 2.05. The number of nitrogens with one attached hydrogen (secondary N) is 2. The van der Waals surface area contributed by atoms with Crippen LogP contribution in [0.1, 0.15) is 24.5 Å². The van der Waals surface area contributed by atoms with E-state index in [1.165, 1.54) is 11.8 Å². The van der Waals surface area contributed by atoms with Crippen molar-refractivity contribution < 1.29 is 9.59 Å². The lowest BCUT2D eigenvalue weighted by Gasteiger charge is -2.13. The minimum atomic E-state index is -0.420. The van der Waals surface area contributed by atoms with Crippen LogP contribution in [0.3, 0.4) is 0 Å². The van der Waals surface area contributed by atoms with Gasteiger partial charge in [0.2, 0.25) is 11.8 Å². The SMILES string of the molecule is CCc1cccc(C)c1NC(=O)C[C@@H]1SC(=S)NC1=O. The average molecular weight is 308 g/mol. The molecule has 0 saturated carbocycles. The molecule has 0 radical (unpaired) electrons. The summed E-state index contributed by atoms with van der Waals surface area (Å²) in [5.74, 6) is -0.345. The monoisotopic (exact) mass is 308 g/mol. The number of para-hydroxylation sites is 1. The first kappa shape index (κ1) is 15.0. The Morgan fingerprint density at radius 1 is 1.50 bits per heavy atom. The fourth-order valence-corrected chi connectivity index (χ4v) is 3.36. The van der Waals surface area contributed by atoms with Crippen molar-refractivity contribution in [2.24, 2.45) is 0 Å². The van der Waals surface area contributed by atoms with Crippen molar-refractivity contribution >= 4 is 45.8 Å². The maximum absolute atomic E-state index is 12.1. The maximum atomic E-state index is 12.1. The summed E-state index contributed by atoms with van der Waals surface area (Å²) in [6, 6.07) is 5.93. The third kappa shape index (κ3) is 3.37. The highest BCUT2D eigenvalue weighted by molar-refractivity contribution is 8.24. The van der Waals surface area contributed by atoms with E-state index in [9.17, 15) is 9.59 Å². The fourth-order valence-electron chi connectivity index (χ4n) is 2.09. The van der Waals surface area contributed by atoms with Crippen LogP contribution in [0, 0.1) is 6.92 Å². The van der Waals surface area contributed by atoms with Gasteiger partial charge in [-0.25, -0.2) is 0 Å². The Morgan fingerprint density at radius 2 is 2.25 bits per heavy atom. The Kier molecular flexibility index (Phi) is 4.77. The number of hydrogen-bond acceptors (Lipinski definition) is 4. The number of carbonyl (C=O) groups excluding carboxylic acids is 2. The Hall–Kier alpha value is -1.40. The largest absolute Gasteiger partial charge is 0.326 e. The summed E-state index contributed by atoms with van der Waals surface area (Å²) in [4.78, 5) is 23.7. The number of thiocarbonyl (C=S) groups is 1. The summed E-state index contributed by atoms with van der Waals surface area (Å²) < 4.78 is 0.443. The van der Waals surface area contributed by atoms with Gasteiger partial charge < -0.3 is 10.6 Å². The van der Waals surface area contributed by atoms with Crippen LogP contribution in [-0.4, -0.2) is 21.4 Å². The molecule has 1 aromatic carbocycles. The lowest BCUT2D eigenvalue weighted by atomic mass is 10.1. The zero-order chi connectivity index (χ0) is 14.7. The molecule has 4 nitrogen and oxygen atoms in total. The predicted molar refractivity (Wildman–Crippen MR) is 85.9 cm³/mol. The Labute approximate surface area is 127 Å². The van der Waals surface area contributed by atoms with E-state index in [0.717, 1.165) is 23.2 Å². The number of anilines is 1. The van der Waals surface area contributed by atoms with Gasteiger partial charge in [-0.2, -0.15) is 0 Å². The molecule has 1 heterocycles. The van der Waals surface area contributed by atoms with Gasteiger partial charge in [-0.3, -0.25) is 9.59 Å². The Morgan fingerprint density at radius 3 is 2.85 bits per heavy atom. The molecule has 0 bridgehead atoms. The van der Waals surface area contributed by atoms with Gasteiger partial charge in [-0.1, -0.05) is 49.1 Å². The summed E-state index contributed by atoms with van der Waals surface area (Å²) in [5, 5.41) is 5.04. The second-order valence-corrected chi connectivity index (χ2v) is 6.48. The highest BCUT2D eigenvalue weighted by Crippen LogP contribution is 2.25. The lowest BCUT2D eigenvalue weighted by Crippen LogP contribution is -2.27. The van der Waals surface area contributed by atoms with E-state index in [1.807, 2.05) is 32.0 Å². The Bertz CT molecular complexity index is 572. The molecule has 106 valence electrons. The van der Waals surface area contributed by atoms with Crippen LogP contribution >= 0.6 is 24.0 Å². The first-order chi connectivity index (χ1) is 9.51. The minimum absolute atomic E-state index is 0.133. The summed E-state index contributed by atoms with van der Waals surface area (Å²) in [5.41, 5.74) is 2.97. The van der Waals surface area contributed by atoms with E-state index in [-0.39, 0.29) is 18.2 Å². The van der Waals surface area contributed by atoms with Gasteiger partial charge >= 0.3 is 0 Å². The summed E-state index contributed by atoms with van der Waals surface area (Å²) in [6.45, 7) is 4.00. The molecular formula is C14H16N2O2S2. The molecule has 0 aliphatic carbocycles. The van der Waals surface area contributed by atoms with Crippen molar-refractivity contribution in [3.8, 4) is 0 Å². The van der Waals surface area contributed by atoms with Gasteiger partial charge in [0.1, 0.15) is 4.32 Å². The standard InChI is InChI=1S/C14H16N2O2S2/c1-3-9-6-4-5-8(2)12(9)15-11(17)7-10-13(18)16-14(19)20-10/h4-6,10H,3,7H2,1-2H3,(H,15,17)(H,16,18,19)/t10-/m0/s1. The van der Waals surface area contributed by atoms with Gasteiger partial charge in [-0.05, 0) is 24.5 Å². The molecular weight excluding hydrogens is 292 g/mol. The maximum Gasteiger partial charge on any atom is 0.239 e. The lowest BCUT2D eigenvalue weighted by molar-refractivity contribution is -0.122. The third-order valence-corrected chi connectivity index (χ3v) is 4.51. The number of amides is 2. The molecule has 20 heavy (non-hydrogen) atoms. The molecule has 1 aliphatic heterocycles.